The summed E-state index contributed by atoms with van der Waals surface area (Å²) in [6.45, 7) is 3.32. The van der Waals surface area contributed by atoms with E-state index in [0.29, 0.717) is 13.0 Å². The Morgan fingerprint density at radius 1 is 1.41 bits per heavy atom. The highest BCUT2D eigenvalue weighted by Gasteiger charge is 2.02. The molecule has 0 aliphatic rings. The summed E-state index contributed by atoms with van der Waals surface area (Å²) in [5.74, 6) is 0.129. The van der Waals surface area contributed by atoms with Gasteiger partial charge in [-0.2, -0.15) is 0 Å². The summed E-state index contributed by atoms with van der Waals surface area (Å²) in [5.41, 5.74) is 5.40. The second kappa shape index (κ2) is 8.20. The van der Waals surface area contributed by atoms with Crippen molar-refractivity contribution < 1.29 is 4.79 Å². The van der Waals surface area contributed by atoms with Gasteiger partial charge in [-0.25, -0.2) is 4.98 Å². The molecule has 1 heterocycles. The molecule has 5 heteroatoms. The average Bonchev–Trinajstić information content (AvgIpc) is 2.72. The van der Waals surface area contributed by atoms with Gasteiger partial charge in [0.05, 0.1) is 11.6 Å². The molecule has 0 saturated carbocycles. The first-order valence-corrected chi connectivity index (χ1v) is 6.92. The highest BCUT2D eigenvalue weighted by atomic mass is 32.1. The zero-order valence-corrected chi connectivity index (χ0v) is 11.2. The maximum absolute atomic E-state index is 11.5. The van der Waals surface area contributed by atoms with Crippen molar-refractivity contribution in [3.05, 3.63) is 16.1 Å². The van der Waals surface area contributed by atoms with Crippen LogP contribution in [0.4, 0.5) is 0 Å². The maximum Gasteiger partial charge on any atom is 0.220 e. The summed E-state index contributed by atoms with van der Waals surface area (Å²) in [7, 11) is 0. The first-order valence-electron chi connectivity index (χ1n) is 6.10. The summed E-state index contributed by atoms with van der Waals surface area (Å²) >= 11 is 1.62. The Kier molecular flexibility index (Phi) is 6.81. The van der Waals surface area contributed by atoms with Crippen molar-refractivity contribution in [3.8, 4) is 0 Å². The molecule has 1 rings (SSSR count). The second-order valence-electron chi connectivity index (χ2n) is 4.08. The van der Waals surface area contributed by atoms with Gasteiger partial charge in [-0.3, -0.25) is 4.79 Å². The van der Waals surface area contributed by atoms with Crippen LogP contribution in [-0.4, -0.2) is 17.4 Å². The van der Waals surface area contributed by atoms with E-state index in [9.17, 15) is 4.79 Å². The molecule has 0 unspecified atom stereocenters. The number of thiazole rings is 1. The quantitative estimate of drug-likeness (QED) is 0.698. The summed E-state index contributed by atoms with van der Waals surface area (Å²) in [6.07, 6.45) is 6.65. The van der Waals surface area contributed by atoms with E-state index >= 15 is 0 Å². The third-order valence-corrected chi connectivity index (χ3v) is 3.40. The molecule has 0 spiro atoms. The van der Waals surface area contributed by atoms with Gasteiger partial charge in [0.25, 0.3) is 0 Å². The molecule has 0 bridgehead atoms. The minimum atomic E-state index is 0.129. The fourth-order valence-electron chi connectivity index (χ4n) is 1.54. The van der Waals surface area contributed by atoms with Crippen molar-refractivity contribution in [1.29, 1.82) is 0 Å². The smallest absolute Gasteiger partial charge is 0.220 e. The predicted octanol–water partition coefficient (Wildman–Crippen LogP) is 1.98. The molecule has 4 nitrogen and oxygen atoms in total. The largest absolute Gasteiger partial charge is 0.351 e. The van der Waals surface area contributed by atoms with Gasteiger partial charge in [0, 0.05) is 17.5 Å². The van der Waals surface area contributed by atoms with Crippen LogP contribution in [0, 0.1) is 6.92 Å². The van der Waals surface area contributed by atoms with Crippen LogP contribution in [0.3, 0.4) is 0 Å². The number of unbranched alkanes of at least 4 members (excludes halogenated alkanes) is 3. The second-order valence-corrected chi connectivity index (χ2v) is 5.39. The van der Waals surface area contributed by atoms with Crippen LogP contribution in [0.25, 0.3) is 0 Å². The molecule has 17 heavy (non-hydrogen) atoms. The Bertz CT molecular complexity index is 338. The van der Waals surface area contributed by atoms with E-state index in [1.807, 2.05) is 13.1 Å². The minimum absolute atomic E-state index is 0.129. The van der Waals surface area contributed by atoms with Crippen molar-refractivity contribution in [2.24, 2.45) is 5.73 Å². The number of nitrogens with two attached hydrogens (primary N) is 1. The van der Waals surface area contributed by atoms with Gasteiger partial charge in [-0.05, 0) is 26.3 Å². The van der Waals surface area contributed by atoms with Crippen LogP contribution in [0.5, 0.6) is 0 Å². The topological polar surface area (TPSA) is 68.0 Å². The molecule has 0 radical (unpaired) electrons. The average molecular weight is 255 g/mol. The first-order chi connectivity index (χ1) is 8.22. The van der Waals surface area contributed by atoms with E-state index < -0.39 is 0 Å². The maximum atomic E-state index is 11.5. The van der Waals surface area contributed by atoms with Gasteiger partial charge in [0.2, 0.25) is 5.91 Å². The van der Waals surface area contributed by atoms with E-state index in [4.69, 9.17) is 5.73 Å². The molecule has 1 aromatic heterocycles. The fraction of sp³-hybridized carbons (Fsp3) is 0.667. The molecule has 1 amide bonds. The van der Waals surface area contributed by atoms with E-state index in [0.717, 1.165) is 42.1 Å². The zero-order valence-electron chi connectivity index (χ0n) is 10.4. The molecule has 3 N–H and O–H groups in total. The van der Waals surface area contributed by atoms with Crippen molar-refractivity contribution in [1.82, 2.24) is 10.3 Å². The number of carbonyl (C=O) groups excluding carboxylic acids is 1. The Hall–Kier alpha value is -0.940. The normalized spacial score (nSPS) is 10.5. The predicted molar refractivity (Wildman–Crippen MR) is 70.8 cm³/mol. The molecule has 0 aromatic carbocycles. The molecule has 0 fully saturated rings. The van der Waals surface area contributed by atoms with Crippen molar-refractivity contribution in [3.63, 3.8) is 0 Å². The fourth-order valence-corrected chi connectivity index (χ4v) is 2.28. The highest BCUT2D eigenvalue weighted by Crippen LogP contribution is 2.11. The van der Waals surface area contributed by atoms with Gasteiger partial charge in [0.1, 0.15) is 0 Å². The Morgan fingerprint density at radius 2 is 2.18 bits per heavy atom. The van der Waals surface area contributed by atoms with Crippen molar-refractivity contribution >= 4 is 17.2 Å². The van der Waals surface area contributed by atoms with Crippen LogP contribution in [0.2, 0.25) is 0 Å². The van der Waals surface area contributed by atoms with Gasteiger partial charge in [0.15, 0.2) is 0 Å². The molecular formula is C12H21N3OS. The van der Waals surface area contributed by atoms with Gasteiger partial charge >= 0.3 is 0 Å². The molecule has 0 saturated heterocycles. The molecule has 0 atom stereocenters. The van der Waals surface area contributed by atoms with Crippen LogP contribution >= 0.6 is 11.3 Å². The summed E-state index contributed by atoms with van der Waals surface area (Å²) < 4.78 is 0. The lowest BCUT2D eigenvalue weighted by Crippen LogP contribution is -2.21. The van der Waals surface area contributed by atoms with E-state index in [1.54, 1.807) is 11.3 Å². The number of aromatic nitrogens is 1. The lowest BCUT2D eigenvalue weighted by atomic mass is 10.1. The first kappa shape index (κ1) is 14.1. The number of rotatable bonds is 8. The number of amides is 1. The Balaban J connectivity index is 2.05. The van der Waals surface area contributed by atoms with Gasteiger partial charge in [-0.1, -0.05) is 12.8 Å². The Morgan fingerprint density at radius 3 is 2.82 bits per heavy atom. The van der Waals surface area contributed by atoms with Crippen molar-refractivity contribution in [2.75, 3.05) is 6.54 Å². The molecule has 96 valence electrons. The molecule has 0 aliphatic carbocycles. The third-order valence-electron chi connectivity index (χ3n) is 2.49. The number of carbonyl (C=O) groups is 1. The number of hydrogen-bond acceptors (Lipinski definition) is 4. The SMILES string of the molecule is Cc1ncc(CNC(=O)CCCCCCN)s1. The van der Waals surface area contributed by atoms with Crippen LogP contribution < -0.4 is 11.1 Å². The van der Waals surface area contributed by atoms with Gasteiger partial charge in [-0.15, -0.1) is 11.3 Å². The number of nitrogens with zero attached hydrogens (tertiary/aromatic N) is 1. The zero-order chi connectivity index (χ0) is 12.5. The number of aryl methyl sites for hydroxylation is 1. The summed E-state index contributed by atoms with van der Waals surface area (Å²) in [5, 5.41) is 3.95. The third kappa shape index (κ3) is 6.38. The van der Waals surface area contributed by atoms with Gasteiger partial charge < -0.3 is 11.1 Å². The lowest BCUT2D eigenvalue weighted by molar-refractivity contribution is -0.121. The highest BCUT2D eigenvalue weighted by molar-refractivity contribution is 7.11. The standard InChI is InChI=1S/C12H21N3OS/c1-10-14-8-11(17-10)9-15-12(16)6-4-2-3-5-7-13/h8H,2-7,9,13H2,1H3,(H,15,16). The van der Waals surface area contributed by atoms with E-state index in [2.05, 4.69) is 10.3 Å². The van der Waals surface area contributed by atoms with Crippen LogP contribution in [-0.2, 0) is 11.3 Å². The Labute approximate surface area is 107 Å². The minimum Gasteiger partial charge on any atom is -0.351 e. The van der Waals surface area contributed by atoms with Crippen molar-refractivity contribution in [2.45, 2.75) is 45.6 Å². The number of hydrogen-bond donors (Lipinski definition) is 2. The lowest BCUT2D eigenvalue weighted by Gasteiger charge is -2.03. The summed E-state index contributed by atoms with van der Waals surface area (Å²) in [6, 6.07) is 0. The molecule has 1 aromatic rings. The van der Waals surface area contributed by atoms with Crippen LogP contribution in [0.1, 0.15) is 42.0 Å². The summed E-state index contributed by atoms with van der Waals surface area (Å²) in [4.78, 5) is 16.8. The van der Waals surface area contributed by atoms with E-state index in [1.165, 1.54) is 0 Å². The van der Waals surface area contributed by atoms with Crippen LogP contribution in [0.15, 0.2) is 6.20 Å². The molecule has 0 aliphatic heterocycles. The van der Waals surface area contributed by atoms with E-state index in [-0.39, 0.29) is 5.91 Å². The molecular weight excluding hydrogens is 234 g/mol. The number of nitrogens with one attached hydrogen (secondary N) is 1. The monoisotopic (exact) mass is 255 g/mol.